The SMILES string of the molecule is CN1CCN(c2ccc(Nc3nc(N)[c]s3)cc2)CC1. The van der Waals surface area contributed by atoms with Gasteiger partial charge in [0, 0.05) is 37.6 Å². The van der Waals surface area contributed by atoms with E-state index in [4.69, 9.17) is 5.73 Å². The summed E-state index contributed by atoms with van der Waals surface area (Å²) in [5.74, 6) is 0.437. The van der Waals surface area contributed by atoms with Gasteiger partial charge in [-0.15, -0.1) is 0 Å². The first-order valence-corrected chi connectivity index (χ1v) is 7.47. The van der Waals surface area contributed by atoms with Gasteiger partial charge in [0.05, 0.1) is 5.38 Å². The fourth-order valence-corrected chi connectivity index (χ4v) is 2.81. The number of hydrogen-bond acceptors (Lipinski definition) is 6. The predicted octanol–water partition coefficient (Wildman–Crippen LogP) is 2.02. The molecule has 0 amide bonds. The van der Waals surface area contributed by atoms with Crippen molar-refractivity contribution in [2.75, 3.05) is 49.2 Å². The summed E-state index contributed by atoms with van der Waals surface area (Å²) < 4.78 is 0. The van der Waals surface area contributed by atoms with Crippen molar-refractivity contribution in [2.45, 2.75) is 0 Å². The third kappa shape index (κ3) is 3.02. The number of piperazine rings is 1. The molecule has 6 heteroatoms. The van der Waals surface area contributed by atoms with Crippen LogP contribution < -0.4 is 16.0 Å². The number of thiazole rings is 1. The number of benzene rings is 1. The van der Waals surface area contributed by atoms with Gasteiger partial charge in [-0.25, -0.2) is 4.98 Å². The van der Waals surface area contributed by atoms with Gasteiger partial charge < -0.3 is 20.9 Å². The van der Waals surface area contributed by atoms with Crippen LogP contribution in [0.3, 0.4) is 0 Å². The zero-order valence-electron chi connectivity index (χ0n) is 11.5. The van der Waals surface area contributed by atoms with Crippen molar-refractivity contribution in [1.29, 1.82) is 0 Å². The summed E-state index contributed by atoms with van der Waals surface area (Å²) in [6.45, 7) is 4.41. The van der Waals surface area contributed by atoms with Crippen molar-refractivity contribution in [3.05, 3.63) is 29.6 Å². The van der Waals surface area contributed by atoms with Crippen molar-refractivity contribution < 1.29 is 0 Å². The minimum Gasteiger partial charge on any atom is -0.382 e. The smallest absolute Gasteiger partial charge is 0.189 e. The van der Waals surface area contributed by atoms with E-state index in [-0.39, 0.29) is 0 Å². The van der Waals surface area contributed by atoms with Crippen molar-refractivity contribution in [1.82, 2.24) is 9.88 Å². The number of likely N-dealkylation sites (N-methyl/N-ethyl adjacent to an activating group) is 1. The lowest BCUT2D eigenvalue weighted by Crippen LogP contribution is -2.44. The Hall–Kier alpha value is -1.79. The molecule has 3 rings (SSSR count). The summed E-state index contributed by atoms with van der Waals surface area (Å²) in [5, 5.41) is 6.89. The normalized spacial score (nSPS) is 16.4. The first-order chi connectivity index (χ1) is 9.70. The maximum Gasteiger partial charge on any atom is 0.189 e. The van der Waals surface area contributed by atoms with Crippen LogP contribution in [-0.4, -0.2) is 43.1 Å². The Labute approximate surface area is 123 Å². The molecule has 2 heterocycles. The highest BCUT2D eigenvalue weighted by molar-refractivity contribution is 7.13. The molecule has 1 aliphatic heterocycles. The highest BCUT2D eigenvalue weighted by Gasteiger charge is 2.13. The van der Waals surface area contributed by atoms with E-state index in [0.717, 1.165) is 37.0 Å². The number of rotatable bonds is 3. The number of anilines is 4. The second-order valence-electron chi connectivity index (χ2n) is 4.97. The second-order valence-corrected chi connectivity index (χ2v) is 5.76. The van der Waals surface area contributed by atoms with Gasteiger partial charge in [0.15, 0.2) is 5.13 Å². The van der Waals surface area contributed by atoms with E-state index < -0.39 is 0 Å². The number of nitrogens with one attached hydrogen (secondary N) is 1. The molecule has 1 aliphatic rings. The van der Waals surface area contributed by atoms with Crippen molar-refractivity contribution in [3.8, 4) is 0 Å². The predicted molar refractivity (Wildman–Crippen MR) is 84.8 cm³/mol. The molecule has 1 fully saturated rings. The molecule has 3 N–H and O–H groups in total. The average Bonchev–Trinajstić information content (AvgIpc) is 2.86. The monoisotopic (exact) mass is 288 g/mol. The van der Waals surface area contributed by atoms with Crippen molar-refractivity contribution >= 4 is 33.7 Å². The molecule has 1 saturated heterocycles. The lowest BCUT2D eigenvalue weighted by Gasteiger charge is -2.34. The molecule has 0 aliphatic carbocycles. The van der Waals surface area contributed by atoms with Crippen LogP contribution in [0.4, 0.5) is 22.3 Å². The topological polar surface area (TPSA) is 57.4 Å². The largest absolute Gasteiger partial charge is 0.382 e. The molecule has 1 aromatic carbocycles. The molecular formula is C14H18N5S. The first-order valence-electron chi connectivity index (χ1n) is 6.65. The molecule has 105 valence electrons. The third-order valence-electron chi connectivity index (χ3n) is 3.46. The third-order valence-corrected chi connectivity index (χ3v) is 4.16. The van der Waals surface area contributed by atoms with Gasteiger partial charge in [-0.3, -0.25) is 0 Å². The Morgan fingerprint density at radius 1 is 1.20 bits per heavy atom. The molecule has 5 nitrogen and oxygen atoms in total. The summed E-state index contributed by atoms with van der Waals surface area (Å²) in [4.78, 5) is 8.91. The number of aromatic nitrogens is 1. The van der Waals surface area contributed by atoms with E-state index in [1.165, 1.54) is 17.0 Å². The second kappa shape index (κ2) is 5.68. The summed E-state index contributed by atoms with van der Waals surface area (Å²) in [6.07, 6.45) is 0. The number of nitrogens with zero attached hydrogens (tertiary/aromatic N) is 3. The van der Waals surface area contributed by atoms with E-state index in [9.17, 15) is 0 Å². The minimum atomic E-state index is 0.437. The average molecular weight is 288 g/mol. The van der Waals surface area contributed by atoms with Gasteiger partial charge in [-0.2, -0.15) is 0 Å². The van der Waals surface area contributed by atoms with Crippen LogP contribution in [0.2, 0.25) is 0 Å². The van der Waals surface area contributed by atoms with Gasteiger partial charge in [-0.05, 0) is 31.3 Å². The summed E-state index contributed by atoms with van der Waals surface area (Å²) in [6, 6.07) is 8.44. The van der Waals surface area contributed by atoms with Gasteiger partial charge in [0.2, 0.25) is 0 Å². The molecule has 0 saturated carbocycles. The van der Waals surface area contributed by atoms with Crippen LogP contribution in [0.1, 0.15) is 0 Å². The van der Waals surface area contributed by atoms with E-state index in [1.807, 2.05) is 0 Å². The lowest BCUT2D eigenvalue weighted by atomic mass is 10.2. The van der Waals surface area contributed by atoms with Crippen LogP contribution in [0.25, 0.3) is 0 Å². The maximum atomic E-state index is 5.56. The van der Waals surface area contributed by atoms with Crippen molar-refractivity contribution in [3.63, 3.8) is 0 Å². The first kappa shape index (κ1) is 13.2. The number of nitrogen functional groups attached to an aromatic ring is 1. The quantitative estimate of drug-likeness (QED) is 0.905. The van der Waals surface area contributed by atoms with Gasteiger partial charge in [-0.1, -0.05) is 11.3 Å². The van der Waals surface area contributed by atoms with Crippen LogP contribution in [0.5, 0.6) is 0 Å². The van der Waals surface area contributed by atoms with Crippen LogP contribution in [0, 0.1) is 5.38 Å². The van der Waals surface area contributed by atoms with E-state index in [0.29, 0.717) is 5.82 Å². The lowest BCUT2D eigenvalue weighted by molar-refractivity contribution is 0.313. The molecule has 20 heavy (non-hydrogen) atoms. The summed E-state index contributed by atoms with van der Waals surface area (Å²) in [7, 11) is 2.17. The molecule has 1 aromatic heterocycles. The standard InChI is InChI=1S/C14H18N5S/c1-18-6-8-19(9-7-18)12-4-2-11(3-5-12)16-14-17-13(15)10-20-14/h2-5H,6-9,15H2,1H3,(H,16,17). The fourth-order valence-electron chi connectivity index (χ4n) is 2.25. The molecule has 0 unspecified atom stereocenters. The minimum absolute atomic E-state index is 0.437. The van der Waals surface area contributed by atoms with E-state index >= 15 is 0 Å². The zero-order valence-corrected chi connectivity index (χ0v) is 12.3. The Balaban J connectivity index is 1.65. The molecule has 0 bridgehead atoms. The number of nitrogens with two attached hydrogens (primary N) is 1. The highest BCUT2D eigenvalue weighted by atomic mass is 32.1. The molecule has 1 radical (unpaired) electrons. The fraction of sp³-hybridized carbons (Fsp3) is 0.357. The van der Waals surface area contributed by atoms with Crippen molar-refractivity contribution in [2.24, 2.45) is 0 Å². The Morgan fingerprint density at radius 2 is 1.90 bits per heavy atom. The van der Waals surface area contributed by atoms with Gasteiger partial charge in [0.25, 0.3) is 0 Å². The van der Waals surface area contributed by atoms with E-state index in [1.54, 1.807) is 0 Å². The van der Waals surface area contributed by atoms with Crippen LogP contribution in [-0.2, 0) is 0 Å². The van der Waals surface area contributed by atoms with Crippen LogP contribution >= 0.6 is 11.3 Å². The number of hydrogen-bond donors (Lipinski definition) is 2. The van der Waals surface area contributed by atoms with Crippen LogP contribution in [0.15, 0.2) is 24.3 Å². The Kier molecular flexibility index (Phi) is 3.75. The molecule has 0 spiro atoms. The highest BCUT2D eigenvalue weighted by Crippen LogP contribution is 2.24. The molecule has 0 atom stereocenters. The van der Waals surface area contributed by atoms with Gasteiger partial charge in [0.1, 0.15) is 5.82 Å². The Morgan fingerprint density at radius 3 is 2.50 bits per heavy atom. The van der Waals surface area contributed by atoms with Gasteiger partial charge >= 0.3 is 0 Å². The Bertz CT molecular complexity index is 557. The molecular weight excluding hydrogens is 270 g/mol. The summed E-state index contributed by atoms with van der Waals surface area (Å²) >= 11 is 1.39. The summed E-state index contributed by atoms with van der Waals surface area (Å²) in [5.41, 5.74) is 7.85. The maximum absolute atomic E-state index is 5.56. The van der Waals surface area contributed by atoms with E-state index in [2.05, 4.69) is 56.8 Å². The zero-order chi connectivity index (χ0) is 13.9. The molecule has 2 aromatic rings.